The molecule has 0 aromatic carbocycles. The van der Waals surface area contributed by atoms with Gasteiger partial charge in [0, 0.05) is 11.0 Å². The molecular weight excluding hydrogens is 261 g/mol. The van der Waals surface area contributed by atoms with Gasteiger partial charge in [-0.1, -0.05) is 0 Å². The van der Waals surface area contributed by atoms with Gasteiger partial charge < -0.3 is 19.8 Å². The van der Waals surface area contributed by atoms with E-state index in [0.717, 1.165) is 0 Å². The molecule has 1 amide bonds. The molecule has 8 heteroatoms. The molecule has 0 aliphatic rings. The first-order valence-corrected chi connectivity index (χ1v) is 6.09. The van der Waals surface area contributed by atoms with Crippen molar-refractivity contribution in [2.24, 2.45) is 0 Å². The summed E-state index contributed by atoms with van der Waals surface area (Å²) in [5.74, 6) is 0. The molecule has 2 rings (SSSR count). The van der Waals surface area contributed by atoms with E-state index in [0.29, 0.717) is 16.7 Å². The van der Waals surface area contributed by atoms with Crippen molar-refractivity contribution >= 4 is 35.5 Å². The molecule has 0 unspecified atom stereocenters. The number of nitrogens with one attached hydrogen (secondary N) is 2. The molecule has 0 aliphatic heterocycles. The van der Waals surface area contributed by atoms with Crippen LogP contribution in [0.15, 0.2) is 18.3 Å². The second kappa shape index (κ2) is 5.14. The summed E-state index contributed by atoms with van der Waals surface area (Å²) < 4.78 is 5.13. The number of H-pyrrole nitrogens is 1. The third-order valence-electron chi connectivity index (χ3n) is 2.41. The maximum atomic E-state index is 11.6. The molecule has 20 heavy (non-hydrogen) atoms. The summed E-state index contributed by atoms with van der Waals surface area (Å²) in [5.41, 5.74) is 0.624. The number of rotatable bonds is 2. The number of aromatic nitrogens is 2. The van der Waals surface area contributed by atoms with Crippen molar-refractivity contribution in [3.8, 4) is 0 Å². The van der Waals surface area contributed by atoms with Crippen molar-refractivity contribution in [2.75, 3.05) is 5.32 Å². The van der Waals surface area contributed by atoms with Crippen molar-refractivity contribution in [3.63, 3.8) is 0 Å². The number of carbonyl (C=O) groups is 1. The Labute approximate surface area is 116 Å². The normalized spacial score (nSPS) is 11.4. The number of fused-ring (bicyclic) bond motifs is 1. The molecule has 0 spiro atoms. The van der Waals surface area contributed by atoms with Gasteiger partial charge in [0.2, 0.25) is 0 Å². The molecule has 0 atom stereocenters. The monoisotopic (exact) mass is 277 g/mol. The summed E-state index contributed by atoms with van der Waals surface area (Å²) in [4.78, 5) is 18.5. The van der Waals surface area contributed by atoms with Gasteiger partial charge in [-0.3, -0.25) is 5.32 Å². The van der Waals surface area contributed by atoms with E-state index >= 15 is 0 Å². The highest BCUT2D eigenvalue weighted by Gasteiger charge is 2.17. The van der Waals surface area contributed by atoms with Gasteiger partial charge in [0.05, 0.1) is 11.9 Å². The highest BCUT2D eigenvalue weighted by Crippen LogP contribution is 2.16. The van der Waals surface area contributed by atoms with Gasteiger partial charge in [-0.15, -0.1) is 0 Å². The Bertz CT molecular complexity index is 633. The van der Waals surface area contributed by atoms with E-state index in [-0.39, 0.29) is 5.59 Å². The van der Waals surface area contributed by atoms with Crippen LogP contribution < -0.4 is 10.9 Å². The Morgan fingerprint density at radius 2 is 2.10 bits per heavy atom. The van der Waals surface area contributed by atoms with Crippen LogP contribution in [-0.2, 0) is 4.74 Å². The zero-order valence-electron chi connectivity index (χ0n) is 11.5. The van der Waals surface area contributed by atoms with Crippen LogP contribution in [0.1, 0.15) is 20.8 Å². The number of hydrogen-bond donors (Lipinski definition) is 4. The lowest BCUT2D eigenvalue weighted by Crippen LogP contribution is -2.30. The van der Waals surface area contributed by atoms with Crippen molar-refractivity contribution in [2.45, 2.75) is 26.4 Å². The standard InChI is InChI=1S/C12H16BN3O4/c1-12(2,3)20-11(17)15-8-4-7-5-9(13(18)19)16-10(7)14-6-8/h4-6,18-19H,1-3H3,(H,14,16)(H,15,17). The number of ether oxygens (including phenoxy) is 1. The quantitative estimate of drug-likeness (QED) is 0.601. The summed E-state index contributed by atoms with van der Waals surface area (Å²) in [7, 11) is -1.59. The summed E-state index contributed by atoms with van der Waals surface area (Å²) in [6, 6.07) is 3.21. The maximum absolute atomic E-state index is 11.6. The largest absolute Gasteiger partial charge is 0.505 e. The second-order valence-corrected chi connectivity index (χ2v) is 5.39. The SMILES string of the molecule is CC(C)(C)OC(=O)Nc1cnc2[nH]c(B(O)O)cc2c1. The number of anilines is 1. The second-order valence-electron chi connectivity index (χ2n) is 5.39. The highest BCUT2D eigenvalue weighted by atomic mass is 16.6. The predicted octanol–water partition coefficient (Wildman–Crippen LogP) is 0.590. The van der Waals surface area contributed by atoms with Crippen LogP contribution >= 0.6 is 0 Å². The fourth-order valence-electron chi connectivity index (χ4n) is 1.67. The summed E-state index contributed by atoms with van der Waals surface area (Å²) >= 11 is 0. The molecule has 0 bridgehead atoms. The van der Waals surface area contributed by atoms with Crippen molar-refractivity contribution in [3.05, 3.63) is 18.3 Å². The lowest BCUT2D eigenvalue weighted by atomic mass is 9.86. The Balaban J connectivity index is 2.17. The van der Waals surface area contributed by atoms with Crippen molar-refractivity contribution in [1.82, 2.24) is 9.97 Å². The third kappa shape index (κ3) is 3.49. The minimum absolute atomic E-state index is 0.238. The van der Waals surface area contributed by atoms with E-state index < -0.39 is 18.8 Å². The van der Waals surface area contributed by atoms with Gasteiger partial charge in [0.1, 0.15) is 11.2 Å². The molecule has 0 saturated carbocycles. The molecule has 4 N–H and O–H groups in total. The molecule has 0 fully saturated rings. The third-order valence-corrected chi connectivity index (χ3v) is 2.41. The Hall–Kier alpha value is -2.06. The Morgan fingerprint density at radius 3 is 2.70 bits per heavy atom. The van der Waals surface area contributed by atoms with Gasteiger partial charge >= 0.3 is 13.2 Å². The Morgan fingerprint density at radius 1 is 1.40 bits per heavy atom. The molecule has 0 radical (unpaired) electrons. The van der Waals surface area contributed by atoms with Crippen LogP contribution in [0.2, 0.25) is 0 Å². The number of pyridine rings is 1. The average molecular weight is 277 g/mol. The summed E-state index contributed by atoms with van der Waals surface area (Å²) in [6.07, 6.45) is 0.882. The topological polar surface area (TPSA) is 107 Å². The lowest BCUT2D eigenvalue weighted by molar-refractivity contribution is 0.0636. The smallest absolute Gasteiger partial charge is 0.444 e. The number of hydrogen-bond acceptors (Lipinski definition) is 5. The van der Waals surface area contributed by atoms with Gasteiger partial charge in [0.15, 0.2) is 0 Å². The number of nitrogens with zero attached hydrogens (tertiary/aromatic N) is 1. The first kappa shape index (κ1) is 14.4. The number of aromatic amines is 1. The van der Waals surface area contributed by atoms with Crippen LogP contribution in [0, 0.1) is 0 Å². The molecular formula is C12H16BN3O4. The zero-order chi connectivity index (χ0) is 14.9. The van der Waals surface area contributed by atoms with Gasteiger partial charge in [0.25, 0.3) is 0 Å². The van der Waals surface area contributed by atoms with Crippen LogP contribution in [0.5, 0.6) is 0 Å². The van der Waals surface area contributed by atoms with E-state index in [4.69, 9.17) is 14.8 Å². The first-order chi connectivity index (χ1) is 9.24. The molecule has 0 saturated heterocycles. The van der Waals surface area contributed by atoms with E-state index in [9.17, 15) is 4.79 Å². The lowest BCUT2D eigenvalue weighted by Gasteiger charge is -2.19. The minimum atomic E-state index is -1.59. The molecule has 2 aromatic rings. The number of amides is 1. The fourth-order valence-corrected chi connectivity index (χ4v) is 1.67. The molecule has 2 heterocycles. The van der Waals surface area contributed by atoms with E-state index in [1.807, 2.05) is 0 Å². The van der Waals surface area contributed by atoms with Crippen LogP contribution in [0.4, 0.5) is 10.5 Å². The minimum Gasteiger partial charge on any atom is -0.444 e. The summed E-state index contributed by atoms with van der Waals surface area (Å²) in [6.45, 7) is 5.32. The highest BCUT2D eigenvalue weighted by molar-refractivity contribution is 6.58. The van der Waals surface area contributed by atoms with E-state index in [1.165, 1.54) is 6.20 Å². The van der Waals surface area contributed by atoms with Crippen molar-refractivity contribution < 1.29 is 19.6 Å². The Kier molecular flexibility index (Phi) is 3.69. The van der Waals surface area contributed by atoms with E-state index in [1.54, 1.807) is 32.9 Å². The van der Waals surface area contributed by atoms with Gasteiger partial charge in [-0.25, -0.2) is 9.78 Å². The maximum Gasteiger partial charge on any atom is 0.505 e. The first-order valence-electron chi connectivity index (χ1n) is 6.09. The summed E-state index contributed by atoms with van der Waals surface area (Å²) in [5, 5.41) is 21.4. The van der Waals surface area contributed by atoms with Crippen LogP contribution in [0.25, 0.3) is 11.0 Å². The average Bonchev–Trinajstić information content (AvgIpc) is 2.69. The predicted molar refractivity (Wildman–Crippen MR) is 75.8 cm³/mol. The van der Waals surface area contributed by atoms with Gasteiger partial charge in [-0.2, -0.15) is 0 Å². The van der Waals surface area contributed by atoms with E-state index in [2.05, 4.69) is 15.3 Å². The molecule has 7 nitrogen and oxygen atoms in total. The fraction of sp³-hybridized carbons (Fsp3) is 0.333. The molecule has 106 valence electrons. The molecule has 2 aromatic heterocycles. The van der Waals surface area contributed by atoms with Crippen LogP contribution in [-0.4, -0.2) is 38.8 Å². The van der Waals surface area contributed by atoms with Crippen molar-refractivity contribution in [1.29, 1.82) is 0 Å². The molecule has 0 aliphatic carbocycles. The zero-order valence-corrected chi connectivity index (χ0v) is 11.5. The number of carbonyl (C=O) groups excluding carboxylic acids is 1. The van der Waals surface area contributed by atoms with Crippen LogP contribution in [0.3, 0.4) is 0 Å². The van der Waals surface area contributed by atoms with Gasteiger partial charge in [-0.05, 0) is 32.9 Å².